The minimum absolute atomic E-state index is 0.123. The van der Waals surface area contributed by atoms with Crippen LogP contribution in [0.2, 0.25) is 5.02 Å². The molecule has 2 amide bonds. The van der Waals surface area contributed by atoms with Gasteiger partial charge in [-0.3, -0.25) is 14.4 Å². The van der Waals surface area contributed by atoms with Gasteiger partial charge in [0.2, 0.25) is 0 Å². The van der Waals surface area contributed by atoms with Gasteiger partial charge < -0.3 is 19.9 Å². The summed E-state index contributed by atoms with van der Waals surface area (Å²) in [6.07, 6.45) is 4.28. The second kappa shape index (κ2) is 13.6. The molecule has 51 heavy (non-hydrogen) atoms. The Bertz CT molecular complexity index is 2150. The Morgan fingerprint density at radius 2 is 1.82 bits per heavy atom. The lowest BCUT2D eigenvalue weighted by molar-refractivity contribution is -0.000511. The van der Waals surface area contributed by atoms with Crippen molar-refractivity contribution in [3.05, 3.63) is 116 Å². The molecule has 3 aliphatic heterocycles. The van der Waals surface area contributed by atoms with E-state index < -0.39 is 5.82 Å². The minimum Gasteiger partial charge on any atom is -0.381 e. The number of carbonyl (C=O) groups excluding carboxylic acids is 3. The van der Waals surface area contributed by atoms with Gasteiger partial charge in [0.1, 0.15) is 11.6 Å². The maximum absolute atomic E-state index is 14.4. The first kappa shape index (κ1) is 33.7. The zero-order valence-electron chi connectivity index (χ0n) is 27.8. The van der Waals surface area contributed by atoms with Crippen LogP contribution in [0.25, 0.3) is 9.75 Å². The van der Waals surface area contributed by atoms with Gasteiger partial charge in [0, 0.05) is 72.7 Å². The van der Waals surface area contributed by atoms with E-state index in [1.807, 2.05) is 30.5 Å². The Morgan fingerprint density at radius 3 is 2.59 bits per heavy atom. The number of halogens is 2. The fraction of sp³-hybridized carbons (Fsp3) is 0.282. The van der Waals surface area contributed by atoms with E-state index in [2.05, 4.69) is 15.2 Å². The number of pyridine rings is 1. The molecular formula is C39H34ClFN4O4S2. The van der Waals surface area contributed by atoms with E-state index in [9.17, 15) is 18.8 Å². The molecule has 8 nitrogen and oxygen atoms in total. The van der Waals surface area contributed by atoms with Crippen molar-refractivity contribution < 1.29 is 23.5 Å². The fourth-order valence-electron chi connectivity index (χ4n) is 7.21. The lowest BCUT2D eigenvalue weighted by Gasteiger charge is -2.53. The number of rotatable bonds is 7. The number of carbonyl (C=O) groups is 3. The van der Waals surface area contributed by atoms with E-state index in [-0.39, 0.29) is 40.0 Å². The van der Waals surface area contributed by atoms with Crippen LogP contribution in [-0.2, 0) is 17.6 Å². The molecule has 5 aromatic rings. The Labute approximate surface area is 307 Å². The van der Waals surface area contributed by atoms with Crippen LogP contribution in [0, 0.1) is 18.2 Å². The molecule has 6 heterocycles. The molecule has 0 bridgehead atoms. The van der Waals surface area contributed by atoms with E-state index in [4.69, 9.17) is 16.3 Å². The molecule has 2 saturated heterocycles. The summed E-state index contributed by atoms with van der Waals surface area (Å²) >= 11 is 9.07. The van der Waals surface area contributed by atoms with Crippen LogP contribution in [0.3, 0.4) is 0 Å². The Balaban J connectivity index is 0.960. The molecule has 3 aliphatic rings. The van der Waals surface area contributed by atoms with Gasteiger partial charge in [-0.15, -0.1) is 22.7 Å². The molecular weight excluding hydrogens is 707 g/mol. The third-order valence-corrected chi connectivity index (χ3v) is 12.7. The van der Waals surface area contributed by atoms with Crippen LogP contribution in [0.4, 0.5) is 21.6 Å². The molecule has 3 aromatic heterocycles. The summed E-state index contributed by atoms with van der Waals surface area (Å²) in [6, 6.07) is 17.0. The van der Waals surface area contributed by atoms with Gasteiger partial charge >= 0.3 is 0 Å². The molecule has 0 radical (unpaired) electrons. The first-order valence-electron chi connectivity index (χ1n) is 16.9. The smallest absolute Gasteiger partial charge is 0.259 e. The van der Waals surface area contributed by atoms with Crippen LogP contribution in [-0.4, -0.2) is 55.4 Å². The van der Waals surface area contributed by atoms with Crippen molar-refractivity contribution in [3.8, 4) is 9.75 Å². The second-order valence-electron chi connectivity index (χ2n) is 13.5. The normalized spacial score (nSPS) is 16.2. The molecule has 12 heteroatoms. The largest absolute Gasteiger partial charge is 0.381 e. The SMILES string of the molecule is Cc1cnc(N2CC3(CCOCC3)C2)c(C(=O)Nc2ccc(C(=O)N3CCc4cc(C(=O)Cc5c(F)cccc5Cl)sc4-c4sccc43)cc2)c1. The molecule has 0 unspecified atom stereocenters. The number of Topliss-reactive ketones (excluding diaryl/α,β-unsaturated/α-hetero) is 1. The Hall–Kier alpha value is -4.42. The van der Waals surface area contributed by atoms with Gasteiger partial charge in [-0.2, -0.15) is 0 Å². The van der Waals surface area contributed by atoms with Crippen LogP contribution >= 0.6 is 34.3 Å². The predicted octanol–water partition coefficient (Wildman–Crippen LogP) is 8.47. The van der Waals surface area contributed by atoms with E-state index in [1.54, 1.807) is 41.4 Å². The zero-order chi connectivity index (χ0) is 35.3. The Morgan fingerprint density at radius 1 is 1.04 bits per heavy atom. The predicted molar refractivity (Wildman–Crippen MR) is 201 cm³/mol. The number of ketones is 1. The van der Waals surface area contributed by atoms with Gasteiger partial charge in [-0.1, -0.05) is 17.7 Å². The quantitative estimate of drug-likeness (QED) is 0.169. The van der Waals surface area contributed by atoms with Crippen LogP contribution in [0.1, 0.15) is 59.9 Å². The van der Waals surface area contributed by atoms with E-state index in [1.165, 1.54) is 34.8 Å². The van der Waals surface area contributed by atoms with Gasteiger partial charge in [0.25, 0.3) is 11.8 Å². The number of amides is 2. The van der Waals surface area contributed by atoms with Crippen molar-refractivity contribution in [1.29, 1.82) is 0 Å². The molecule has 2 fully saturated rings. The monoisotopic (exact) mass is 740 g/mol. The lowest BCUT2D eigenvalue weighted by Crippen LogP contribution is -2.59. The van der Waals surface area contributed by atoms with Crippen molar-refractivity contribution in [2.24, 2.45) is 5.41 Å². The zero-order valence-corrected chi connectivity index (χ0v) is 30.2. The number of hydrogen-bond donors (Lipinski definition) is 1. The van der Waals surface area contributed by atoms with Crippen molar-refractivity contribution >= 4 is 69.1 Å². The first-order valence-corrected chi connectivity index (χ1v) is 18.9. The highest BCUT2D eigenvalue weighted by Gasteiger charge is 2.45. The van der Waals surface area contributed by atoms with Gasteiger partial charge in [-0.05, 0) is 97.3 Å². The molecule has 2 aromatic carbocycles. The van der Waals surface area contributed by atoms with Crippen molar-refractivity contribution in [1.82, 2.24) is 4.98 Å². The maximum Gasteiger partial charge on any atom is 0.259 e. The summed E-state index contributed by atoms with van der Waals surface area (Å²) in [7, 11) is 0. The molecule has 0 atom stereocenters. The van der Waals surface area contributed by atoms with Crippen LogP contribution in [0.15, 0.2) is 72.2 Å². The number of anilines is 3. The molecule has 260 valence electrons. The number of nitrogens with zero attached hydrogens (tertiary/aromatic N) is 3. The summed E-state index contributed by atoms with van der Waals surface area (Å²) in [5, 5.41) is 5.18. The number of nitrogens with one attached hydrogen (secondary N) is 1. The van der Waals surface area contributed by atoms with Crippen molar-refractivity contribution in [2.75, 3.05) is 48.0 Å². The van der Waals surface area contributed by atoms with E-state index in [0.717, 1.165) is 65.7 Å². The molecule has 0 saturated carbocycles. The third kappa shape index (κ3) is 6.48. The number of hydrogen-bond acceptors (Lipinski definition) is 8. The van der Waals surface area contributed by atoms with E-state index >= 15 is 0 Å². The highest BCUT2D eigenvalue weighted by Crippen LogP contribution is 2.46. The van der Waals surface area contributed by atoms with Crippen molar-refractivity contribution in [2.45, 2.75) is 32.6 Å². The molecule has 1 N–H and O–H groups in total. The number of aryl methyl sites for hydroxylation is 1. The van der Waals surface area contributed by atoms with Gasteiger partial charge in [0.15, 0.2) is 5.78 Å². The third-order valence-electron chi connectivity index (χ3n) is 10.0. The number of benzene rings is 2. The molecule has 1 spiro atoms. The van der Waals surface area contributed by atoms with Crippen LogP contribution < -0.4 is 15.1 Å². The van der Waals surface area contributed by atoms with E-state index in [0.29, 0.717) is 40.5 Å². The maximum atomic E-state index is 14.4. The summed E-state index contributed by atoms with van der Waals surface area (Å²) in [4.78, 5) is 51.7. The summed E-state index contributed by atoms with van der Waals surface area (Å²) in [5.41, 5.74) is 4.70. The topological polar surface area (TPSA) is 91.8 Å². The number of ether oxygens (including phenoxy) is 1. The standard InChI is InChI=1S/C39H34ClFN4O4S2/c1-23-17-28(36(42-20-23)44-21-39(22-44)11-14-49-15-12-39)37(47)43-26-7-5-24(6-8-26)38(48)45-13-9-25-18-33(51-34(25)35-31(45)10-16-50-35)32(46)19-27-29(40)3-2-4-30(27)41/h2-8,10,16-18,20H,9,11-15,19,21-22H2,1H3,(H,43,47). The summed E-state index contributed by atoms with van der Waals surface area (Å²) in [6.45, 7) is 5.63. The number of thiophene rings is 2. The second-order valence-corrected chi connectivity index (χ2v) is 15.9. The van der Waals surface area contributed by atoms with Crippen LogP contribution in [0.5, 0.6) is 0 Å². The summed E-state index contributed by atoms with van der Waals surface area (Å²) in [5.74, 6) is -0.406. The number of fused-ring (bicyclic) bond motifs is 3. The average Bonchev–Trinajstić information content (AvgIpc) is 3.74. The van der Waals surface area contributed by atoms with Gasteiger partial charge in [0.05, 0.1) is 25.9 Å². The molecule has 0 aliphatic carbocycles. The lowest BCUT2D eigenvalue weighted by atomic mass is 9.73. The Kier molecular flexibility index (Phi) is 9.00. The average molecular weight is 741 g/mol. The number of aromatic nitrogens is 1. The minimum atomic E-state index is -0.498. The first-order chi connectivity index (χ1) is 24.7. The summed E-state index contributed by atoms with van der Waals surface area (Å²) < 4.78 is 20.0. The highest BCUT2D eigenvalue weighted by molar-refractivity contribution is 7.23. The van der Waals surface area contributed by atoms with Crippen molar-refractivity contribution in [3.63, 3.8) is 0 Å². The fourth-order valence-corrected chi connectivity index (χ4v) is 9.67. The molecule has 8 rings (SSSR count). The van der Waals surface area contributed by atoms with Gasteiger partial charge in [-0.25, -0.2) is 9.37 Å². The highest BCUT2D eigenvalue weighted by atomic mass is 35.5.